The maximum atomic E-state index is 12.5. The topological polar surface area (TPSA) is 75.6 Å². The average molecular weight is 443 g/mol. The molecule has 1 fully saturated rings. The zero-order valence-corrected chi connectivity index (χ0v) is 18.4. The Morgan fingerprint density at radius 3 is 2.52 bits per heavy atom. The molecule has 33 heavy (non-hydrogen) atoms. The van der Waals surface area contributed by atoms with E-state index in [1.807, 2.05) is 59.5 Å². The molecule has 0 saturated carbocycles. The van der Waals surface area contributed by atoms with Gasteiger partial charge in [-0.2, -0.15) is 4.98 Å². The Morgan fingerprint density at radius 1 is 0.909 bits per heavy atom. The first kappa shape index (κ1) is 21.2. The van der Waals surface area contributed by atoms with Crippen molar-refractivity contribution in [1.29, 1.82) is 0 Å². The van der Waals surface area contributed by atoms with Crippen molar-refractivity contribution in [2.24, 2.45) is 0 Å². The van der Waals surface area contributed by atoms with E-state index < -0.39 is 0 Å². The molecule has 168 valence electrons. The van der Waals surface area contributed by atoms with Crippen LogP contribution in [0.1, 0.15) is 17.7 Å². The van der Waals surface area contributed by atoms with Gasteiger partial charge in [0.15, 0.2) is 0 Å². The standard InChI is InChI=1S/C26H26N4O3/c31-24(12-11-23-10-5-17-32-23)30-15-13-29(14-16-30)19-20-6-4-9-22(18-20)25-27-26(33-28-25)21-7-2-1-3-8-21/h1-10,17-18H,11-16,19H2. The van der Waals surface area contributed by atoms with Gasteiger partial charge in [-0.05, 0) is 35.9 Å². The summed E-state index contributed by atoms with van der Waals surface area (Å²) in [5, 5.41) is 4.17. The first-order valence-electron chi connectivity index (χ1n) is 11.3. The summed E-state index contributed by atoms with van der Waals surface area (Å²) in [6.45, 7) is 4.05. The van der Waals surface area contributed by atoms with E-state index in [9.17, 15) is 4.79 Å². The SMILES string of the molecule is O=C(CCc1ccco1)N1CCN(Cc2cccc(-c3noc(-c4ccccc4)n3)c2)CC1. The van der Waals surface area contributed by atoms with Gasteiger partial charge in [-0.3, -0.25) is 9.69 Å². The lowest BCUT2D eigenvalue weighted by Crippen LogP contribution is -2.48. The van der Waals surface area contributed by atoms with Gasteiger partial charge in [0.1, 0.15) is 5.76 Å². The van der Waals surface area contributed by atoms with Gasteiger partial charge >= 0.3 is 0 Å². The molecule has 5 rings (SSSR count). The lowest BCUT2D eigenvalue weighted by molar-refractivity contribution is -0.133. The maximum absolute atomic E-state index is 12.5. The van der Waals surface area contributed by atoms with Crippen LogP contribution in [-0.2, 0) is 17.8 Å². The first-order valence-corrected chi connectivity index (χ1v) is 11.3. The summed E-state index contributed by atoms with van der Waals surface area (Å²) in [4.78, 5) is 21.4. The van der Waals surface area contributed by atoms with Gasteiger partial charge in [0.2, 0.25) is 11.7 Å². The van der Waals surface area contributed by atoms with Crippen LogP contribution in [0.4, 0.5) is 0 Å². The highest BCUT2D eigenvalue weighted by Crippen LogP contribution is 2.23. The zero-order chi connectivity index (χ0) is 22.5. The minimum absolute atomic E-state index is 0.194. The molecule has 1 aliphatic heterocycles. The van der Waals surface area contributed by atoms with Crippen LogP contribution in [0.15, 0.2) is 81.9 Å². The Morgan fingerprint density at radius 2 is 1.73 bits per heavy atom. The molecule has 1 amide bonds. The van der Waals surface area contributed by atoms with Crippen LogP contribution in [-0.4, -0.2) is 52.0 Å². The highest BCUT2D eigenvalue weighted by atomic mass is 16.5. The van der Waals surface area contributed by atoms with Crippen molar-refractivity contribution in [2.45, 2.75) is 19.4 Å². The number of nitrogens with zero attached hydrogens (tertiary/aromatic N) is 4. The van der Waals surface area contributed by atoms with Crippen LogP contribution in [0.5, 0.6) is 0 Å². The first-order chi connectivity index (χ1) is 16.2. The highest BCUT2D eigenvalue weighted by Gasteiger charge is 2.21. The van der Waals surface area contributed by atoms with Crippen molar-refractivity contribution < 1.29 is 13.7 Å². The van der Waals surface area contributed by atoms with Crippen molar-refractivity contribution in [1.82, 2.24) is 19.9 Å². The number of furan rings is 1. The highest BCUT2D eigenvalue weighted by molar-refractivity contribution is 5.76. The summed E-state index contributed by atoms with van der Waals surface area (Å²) in [6.07, 6.45) is 2.79. The number of aryl methyl sites for hydroxylation is 1. The summed E-state index contributed by atoms with van der Waals surface area (Å²) in [7, 11) is 0. The molecule has 1 saturated heterocycles. The smallest absolute Gasteiger partial charge is 0.258 e. The minimum atomic E-state index is 0.194. The van der Waals surface area contributed by atoms with Crippen LogP contribution in [0, 0.1) is 0 Å². The van der Waals surface area contributed by atoms with E-state index in [-0.39, 0.29) is 5.91 Å². The fourth-order valence-corrected chi connectivity index (χ4v) is 4.10. The van der Waals surface area contributed by atoms with E-state index in [0.717, 1.165) is 49.6 Å². The third kappa shape index (κ3) is 5.21. The van der Waals surface area contributed by atoms with Gasteiger partial charge in [-0.25, -0.2) is 0 Å². The summed E-state index contributed by atoms with van der Waals surface area (Å²) in [5.74, 6) is 2.16. The Balaban J connectivity index is 1.16. The van der Waals surface area contributed by atoms with Crippen molar-refractivity contribution in [3.05, 3.63) is 84.3 Å². The molecule has 2 aromatic carbocycles. The third-order valence-electron chi connectivity index (χ3n) is 5.93. The normalized spacial score (nSPS) is 14.5. The number of hydrogen-bond donors (Lipinski definition) is 0. The fraction of sp³-hybridized carbons (Fsp3) is 0.269. The molecule has 3 heterocycles. The van der Waals surface area contributed by atoms with Gasteiger partial charge in [0.05, 0.1) is 6.26 Å². The predicted molar refractivity (Wildman–Crippen MR) is 124 cm³/mol. The zero-order valence-electron chi connectivity index (χ0n) is 18.4. The lowest BCUT2D eigenvalue weighted by atomic mass is 10.1. The molecule has 0 spiro atoms. The van der Waals surface area contributed by atoms with Crippen LogP contribution in [0.2, 0.25) is 0 Å². The van der Waals surface area contributed by atoms with E-state index in [1.165, 1.54) is 5.56 Å². The van der Waals surface area contributed by atoms with Crippen molar-refractivity contribution in [2.75, 3.05) is 26.2 Å². The molecule has 0 unspecified atom stereocenters. The Bertz CT molecular complexity index is 1180. The number of piperazine rings is 1. The van der Waals surface area contributed by atoms with Gasteiger partial charge in [0.25, 0.3) is 5.89 Å². The van der Waals surface area contributed by atoms with Crippen LogP contribution in [0.25, 0.3) is 22.8 Å². The summed E-state index contributed by atoms with van der Waals surface area (Å²) < 4.78 is 10.8. The average Bonchev–Trinajstić information content (AvgIpc) is 3.56. The van der Waals surface area contributed by atoms with E-state index in [2.05, 4.69) is 27.2 Å². The molecule has 0 aliphatic carbocycles. The molecule has 7 heteroatoms. The van der Waals surface area contributed by atoms with Crippen LogP contribution in [0.3, 0.4) is 0 Å². The molecule has 0 radical (unpaired) electrons. The summed E-state index contributed by atoms with van der Waals surface area (Å²) in [5.41, 5.74) is 3.03. The molecule has 1 aliphatic rings. The number of hydrogen-bond acceptors (Lipinski definition) is 6. The number of amides is 1. The second-order valence-corrected chi connectivity index (χ2v) is 8.23. The maximum Gasteiger partial charge on any atom is 0.258 e. The van der Waals surface area contributed by atoms with Gasteiger partial charge < -0.3 is 13.8 Å². The lowest BCUT2D eigenvalue weighted by Gasteiger charge is -2.34. The third-order valence-corrected chi connectivity index (χ3v) is 5.93. The van der Waals surface area contributed by atoms with Crippen LogP contribution < -0.4 is 0 Å². The monoisotopic (exact) mass is 442 g/mol. The Hall–Kier alpha value is -3.71. The second kappa shape index (κ2) is 9.83. The fourth-order valence-electron chi connectivity index (χ4n) is 4.10. The Kier molecular flexibility index (Phi) is 6.30. The number of rotatable bonds is 7. The number of benzene rings is 2. The van der Waals surface area contributed by atoms with E-state index >= 15 is 0 Å². The van der Waals surface area contributed by atoms with Gasteiger partial charge in [-0.1, -0.05) is 41.6 Å². The molecule has 0 bridgehead atoms. The van der Waals surface area contributed by atoms with Gasteiger partial charge in [0, 0.05) is 56.7 Å². The van der Waals surface area contributed by atoms with Crippen molar-refractivity contribution in [3.8, 4) is 22.8 Å². The largest absolute Gasteiger partial charge is 0.469 e. The minimum Gasteiger partial charge on any atom is -0.469 e. The molecule has 4 aromatic rings. The summed E-state index contributed by atoms with van der Waals surface area (Å²) in [6, 6.07) is 21.8. The second-order valence-electron chi connectivity index (χ2n) is 8.23. The van der Waals surface area contributed by atoms with E-state index in [1.54, 1.807) is 6.26 Å². The number of carbonyl (C=O) groups excluding carboxylic acids is 1. The van der Waals surface area contributed by atoms with Crippen molar-refractivity contribution >= 4 is 5.91 Å². The molecular weight excluding hydrogens is 416 g/mol. The predicted octanol–water partition coefficient (Wildman–Crippen LogP) is 4.27. The number of aromatic nitrogens is 2. The van der Waals surface area contributed by atoms with E-state index in [4.69, 9.17) is 8.94 Å². The molecular formula is C26H26N4O3. The van der Waals surface area contributed by atoms with Crippen molar-refractivity contribution in [3.63, 3.8) is 0 Å². The van der Waals surface area contributed by atoms with Crippen LogP contribution >= 0.6 is 0 Å². The number of carbonyl (C=O) groups is 1. The quantitative estimate of drug-likeness (QED) is 0.425. The molecule has 0 N–H and O–H groups in total. The van der Waals surface area contributed by atoms with Gasteiger partial charge in [-0.15, -0.1) is 0 Å². The molecule has 7 nitrogen and oxygen atoms in total. The molecule has 0 atom stereocenters. The molecule has 2 aromatic heterocycles. The summed E-state index contributed by atoms with van der Waals surface area (Å²) >= 11 is 0. The van der Waals surface area contributed by atoms with E-state index in [0.29, 0.717) is 24.6 Å². The Labute approximate surface area is 192 Å².